The molecule has 1 aromatic rings. The van der Waals surface area contributed by atoms with Gasteiger partial charge in [-0.25, -0.2) is 4.98 Å². The van der Waals surface area contributed by atoms with E-state index in [1.165, 1.54) is 25.3 Å². The van der Waals surface area contributed by atoms with Crippen LogP contribution in [0.15, 0.2) is 18.3 Å². The number of alkyl halides is 3. The number of nitrogens with one attached hydrogen (secondary N) is 1. The van der Waals surface area contributed by atoms with Gasteiger partial charge in [-0.15, -0.1) is 0 Å². The maximum Gasteiger partial charge on any atom is 0.417 e. The van der Waals surface area contributed by atoms with Crippen LogP contribution in [0.5, 0.6) is 0 Å². The lowest BCUT2D eigenvalue weighted by atomic mass is 9.95. The number of carbonyl (C=O) groups is 1. The van der Waals surface area contributed by atoms with Crippen molar-refractivity contribution in [3.63, 3.8) is 0 Å². The second-order valence-electron chi connectivity index (χ2n) is 7.07. The van der Waals surface area contributed by atoms with Gasteiger partial charge in [-0.2, -0.15) is 13.2 Å². The van der Waals surface area contributed by atoms with E-state index in [2.05, 4.69) is 15.2 Å². The van der Waals surface area contributed by atoms with E-state index in [4.69, 9.17) is 0 Å². The largest absolute Gasteiger partial charge is 0.417 e. The molecule has 2 fully saturated rings. The van der Waals surface area contributed by atoms with Crippen molar-refractivity contribution in [3.8, 4) is 0 Å². The van der Waals surface area contributed by atoms with Gasteiger partial charge in [0.1, 0.15) is 5.82 Å². The molecule has 2 heterocycles. The minimum Gasteiger partial charge on any atom is -0.354 e. The number of halogens is 3. The highest BCUT2D eigenvalue weighted by molar-refractivity contribution is 5.78. The predicted molar refractivity (Wildman–Crippen MR) is 92.9 cm³/mol. The van der Waals surface area contributed by atoms with Crippen LogP contribution in [-0.2, 0) is 11.0 Å². The number of hydrogen-bond acceptors (Lipinski definition) is 4. The highest BCUT2D eigenvalue weighted by atomic mass is 19.4. The van der Waals surface area contributed by atoms with Gasteiger partial charge in [-0.05, 0) is 25.0 Å². The van der Waals surface area contributed by atoms with Gasteiger partial charge >= 0.3 is 6.18 Å². The molecule has 1 N–H and O–H groups in total. The third-order valence-electron chi connectivity index (χ3n) is 5.11. The number of piperazine rings is 1. The molecule has 0 bridgehead atoms. The molecule has 0 atom stereocenters. The first-order valence-electron chi connectivity index (χ1n) is 9.22. The van der Waals surface area contributed by atoms with Gasteiger partial charge in [0.2, 0.25) is 5.91 Å². The van der Waals surface area contributed by atoms with E-state index in [0.29, 0.717) is 44.6 Å². The minimum atomic E-state index is -4.37. The zero-order valence-corrected chi connectivity index (χ0v) is 14.8. The molecule has 0 radical (unpaired) electrons. The van der Waals surface area contributed by atoms with Crippen LogP contribution in [0.25, 0.3) is 0 Å². The third kappa shape index (κ3) is 5.09. The molecule has 0 spiro atoms. The van der Waals surface area contributed by atoms with Gasteiger partial charge < -0.3 is 10.2 Å². The van der Waals surface area contributed by atoms with Crippen LogP contribution in [0.3, 0.4) is 0 Å². The summed E-state index contributed by atoms with van der Waals surface area (Å²) in [5, 5.41) is 3.12. The Morgan fingerprint density at radius 1 is 1.12 bits per heavy atom. The molecule has 1 saturated heterocycles. The molecule has 144 valence electrons. The van der Waals surface area contributed by atoms with Crippen LogP contribution in [0.2, 0.25) is 0 Å². The van der Waals surface area contributed by atoms with Crippen molar-refractivity contribution in [2.24, 2.45) is 0 Å². The topological polar surface area (TPSA) is 48.5 Å². The van der Waals surface area contributed by atoms with Crippen molar-refractivity contribution in [2.45, 2.75) is 44.3 Å². The van der Waals surface area contributed by atoms with Gasteiger partial charge in [0.15, 0.2) is 0 Å². The number of aromatic nitrogens is 1. The van der Waals surface area contributed by atoms with Crippen LogP contribution in [0.4, 0.5) is 19.0 Å². The van der Waals surface area contributed by atoms with Crippen molar-refractivity contribution in [1.29, 1.82) is 0 Å². The molecular formula is C18H25F3N4O. The first kappa shape index (κ1) is 18.9. The SMILES string of the molecule is O=C(CN1CCN(c2ccc(C(F)(F)F)cn2)CC1)NC1CCCCC1. The standard InChI is InChI=1S/C18H25F3N4O/c19-18(20,21)14-6-7-16(22-12-14)25-10-8-24(9-11-25)13-17(26)23-15-4-2-1-3-5-15/h6-7,12,15H,1-5,8-11,13H2,(H,23,26). The first-order valence-corrected chi connectivity index (χ1v) is 9.22. The molecule has 2 aliphatic rings. The molecule has 1 aliphatic carbocycles. The summed E-state index contributed by atoms with van der Waals surface area (Å²) >= 11 is 0. The van der Waals surface area contributed by atoms with Crippen LogP contribution in [0, 0.1) is 0 Å². The average Bonchev–Trinajstić information content (AvgIpc) is 2.62. The van der Waals surface area contributed by atoms with Gasteiger partial charge in [0.25, 0.3) is 0 Å². The molecular weight excluding hydrogens is 345 g/mol. The van der Waals surface area contributed by atoms with E-state index in [0.717, 1.165) is 25.1 Å². The number of pyridine rings is 1. The van der Waals surface area contributed by atoms with Crippen molar-refractivity contribution >= 4 is 11.7 Å². The van der Waals surface area contributed by atoms with Gasteiger partial charge in [0.05, 0.1) is 12.1 Å². The summed E-state index contributed by atoms with van der Waals surface area (Å²) in [4.78, 5) is 20.2. The van der Waals surface area contributed by atoms with Crippen molar-refractivity contribution < 1.29 is 18.0 Å². The normalized spacial score (nSPS) is 20.2. The maximum atomic E-state index is 12.6. The van der Waals surface area contributed by atoms with Crippen LogP contribution >= 0.6 is 0 Å². The van der Waals surface area contributed by atoms with Crippen molar-refractivity contribution in [1.82, 2.24) is 15.2 Å². The number of nitrogens with zero attached hydrogens (tertiary/aromatic N) is 3. The molecule has 1 amide bonds. The first-order chi connectivity index (χ1) is 12.4. The van der Waals surface area contributed by atoms with Gasteiger partial charge in [-0.1, -0.05) is 19.3 Å². The van der Waals surface area contributed by atoms with E-state index in [1.54, 1.807) is 0 Å². The molecule has 1 saturated carbocycles. The van der Waals surface area contributed by atoms with Crippen molar-refractivity contribution in [2.75, 3.05) is 37.6 Å². The molecule has 1 aromatic heterocycles. The van der Waals surface area contributed by atoms with E-state index >= 15 is 0 Å². The lowest BCUT2D eigenvalue weighted by molar-refractivity contribution is -0.137. The number of hydrogen-bond donors (Lipinski definition) is 1. The summed E-state index contributed by atoms with van der Waals surface area (Å²) in [6.45, 7) is 3.07. The fourth-order valence-corrected chi connectivity index (χ4v) is 3.60. The second kappa shape index (κ2) is 8.24. The zero-order chi connectivity index (χ0) is 18.6. The van der Waals surface area contributed by atoms with Gasteiger partial charge in [-0.3, -0.25) is 9.69 Å². The Balaban J connectivity index is 1.44. The highest BCUT2D eigenvalue weighted by Crippen LogP contribution is 2.29. The predicted octanol–water partition coefficient (Wildman–Crippen LogP) is 2.67. The molecule has 3 rings (SSSR count). The Hall–Kier alpha value is -1.83. The zero-order valence-electron chi connectivity index (χ0n) is 14.8. The van der Waals surface area contributed by atoms with E-state index in [-0.39, 0.29) is 5.91 Å². The van der Waals surface area contributed by atoms with Crippen LogP contribution in [0.1, 0.15) is 37.7 Å². The second-order valence-corrected chi connectivity index (χ2v) is 7.07. The number of rotatable bonds is 4. The van der Waals surface area contributed by atoms with E-state index < -0.39 is 11.7 Å². The average molecular weight is 370 g/mol. The molecule has 1 aliphatic heterocycles. The lowest BCUT2D eigenvalue weighted by Gasteiger charge is -2.35. The van der Waals surface area contributed by atoms with Crippen LogP contribution < -0.4 is 10.2 Å². The Kier molecular flexibility index (Phi) is 6.01. The monoisotopic (exact) mass is 370 g/mol. The summed E-state index contributed by atoms with van der Waals surface area (Å²) in [7, 11) is 0. The fraction of sp³-hybridized carbons (Fsp3) is 0.667. The van der Waals surface area contributed by atoms with Crippen LogP contribution in [-0.4, -0.2) is 54.6 Å². The maximum absolute atomic E-state index is 12.6. The Labute approximate surface area is 151 Å². The summed E-state index contributed by atoms with van der Waals surface area (Å²) in [5.74, 6) is 0.613. The minimum absolute atomic E-state index is 0.0676. The number of amides is 1. The Bertz CT molecular complexity index is 591. The molecule has 26 heavy (non-hydrogen) atoms. The summed E-state index contributed by atoms with van der Waals surface area (Å²) < 4.78 is 37.8. The summed E-state index contributed by atoms with van der Waals surface area (Å²) in [5.41, 5.74) is -0.737. The smallest absolute Gasteiger partial charge is 0.354 e. The van der Waals surface area contributed by atoms with Gasteiger partial charge in [0, 0.05) is 38.4 Å². The number of carbonyl (C=O) groups excluding carboxylic acids is 1. The number of anilines is 1. The summed E-state index contributed by atoms with van der Waals surface area (Å²) in [6.07, 6.45) is 2.27. The lowest BCUT2D eigenvalue weighted by Crippen LogP contribution is -2.50. The Morgan fingerprint density at radius 3 is 2.38 bits per heavy atom. The molecule has 0 aromatic carbocycles. The summed E-state index contributed by atoms with van der Waals surface area (Å²) in [6, 6.07) is 2.79. The third-order valence-corrected chi connectivity index (χ3v) is 5.11. The molecule has 5 nitrogen and oxygen atoms in total. The molecule has 0 unspecified atom stereocenters. The van der Waals surface area contributed by atoms with E-state index in [9.17, 15) is 18.0 Å². The fourth-order valence-electron chi connectivity index (χ4n) is 3.60. The molecule has 8 heteroatoms. The van der Waals surface area contributed by atoms with E-state index in [1.807, 2.05) is 4.90 Å². The van der Waals surface area contributed by atoms with Crippen molar-refractivity contribution in [3.05, 3.63) is 23.9 Å². The highest BCUT2D eigenvalue weighted by Gasteiger charge is 2.31. The Morgan fingerprint density at radius 2 is 1.81 bits per heavy atom. The quantitative estimate of drug-likeness (QED) is 0.885.